The Morgan fingerprint density at radius 1 is 1.03 bits per heavy atom. The van der Waals surface area contributed by atoms with Crippen molar-refractivity contribution in [3.8, 4) is 11.3 Å². The van der Waals surface area contributed by atoms with E-state index in [-0.39, 0.29) is 22.3 Å². The number of amides is 2. The number of anilines is 1. The van der Waals surface area contributed by atoms with Crippen LogP contribution in [0.3, 0.4) is 0 Å². The van der Waals surface area contributed by atoms with E-state index >= 15 is 0 Å². The number of nitrogens with one attached hydrogen (secondary N) is 1. The Morgan fingerprint density at radius 3 is 2.55 bits per heavy atom. The first-order chi connectivity index (χ1) is 15.0. The molecule has 4 rings (SSSR count). The van der Waals surface area contributed by atoms with Gasteiger partial charge < -0.3 is 15.0 Å². The van der Waals surface area contributed by atoms with Gasteiger partial charge in [-0.1, -0.05) is 29.3 Å². The van der Waals surface area contributed by atoms with Crippen LogP contribution in [0.1, 0.15) is 20.8 Å². The van der Waals surface area contributed by atoms with Crippen LogP contribution in [0, 0.1) is 0 Å². The molecule has 31 heavy (non-hydrogen) atoms. The van der Waals surface area contributed by atoms with Crippen LogP contribution in [0.2, 0.25) is 10.2 Å². The Labute approximate surface area is 189 Å². The summed E-state index contributed by atoms with van der Waals surface area (Å²) in [6.07, 6.45) is 1.67. The van der Waals surface area contributed by atoms with Crippen molar-refractivity contribution in [2.75, 3.05) is 31.6 Å². The van der Waals surface area contributed by atoms with E-state index < -0.39 is 5.91 Å². The average Bonchev–Trinajstić information content (AvgIpc) is 2.80. The van der Waals surface area contributed by atoms with Crippen LogP contribution >= 0.6 is 23.2 Å². The van der Waals surface area contributed by atoms with Gasteiger partial charge in [-0.2, -0.15) is 0 Å². The van der Waals surface area contributed by atoms with E-state index in [1.165, 1.54) is 12.1 Å². The molecule has 0 bridgehead atoms. The van der Waals surface area contributed by atoms with E-state index in [0.717, 1.165) is 0 Å². The first kappa shape index (κ1) is 21.2. The predicted octanol–water partition coefficient (Wildman–Crippen LogP) is 4.18. The van der Waals surface area contributed by atoms with Crippen LogP contribution in [-0.4, -0.2) is 53.0 Å². The molecule has 1 aliphatic heterocycles. The third kappa shape index (κ3) is 4.85. The molecule has 9 heteroatoms. The van der Waals surface area contributed by atoms with Crippen molar-refractivity contribution >= 4 is 40.7 Å². The van der Waals surface area contributed by atoms with Crippen LogP contribution in [0.15, 0.2) is 54.7 Å². The maximum Gasteiger partial charge on any atom is 0.272 e. The summed E-state index contributed by atoms with van der Waals surface area (Å²) < 4.78 is 5.26. The molecular weight excluding hydrogens is 439 g/mol. The molecule has 2 aromatic heterocycles. The Kier molecular flexibility index (Phi) is 6.46. The largest absolute Gasteiger partial charge is 0.378 e. The number of ether oxygens (including phenoxy) is 1. The number of morpholine rings is 1. The van der Waals surface area contributed by atoms with Crippen LogP contribution in [-0.2, 0) is 4.74 Å². The molecule has 1 N–H and O–H groups in total. The highest BCUT2D eigenvalue weighted by Gasteiger charge is 2.22. The number of aromatic nitrogens is 2. The van der Waals surface area contributed by atoms with Gasteiger partial charge in [0.25, 0.3) is 11.8 Å². The topological polar surface area (TPSA) is 84.4 Å². The molecule has 2 amide bonds. The molecule has 0 aliphatic carbocycles. The summed E-state index contributed by atoms with van der Waals surface area (Å²) in [4.78, 5) is 35.4. The van der Waals surface area contributed by atoms with E-state index in [9.17, 15) is 9.59 Å². The lowest BCUT2D eigenvalue weighted by Crippen LogP contribution is -2.41. The number of pyridine rings is 2. The lowest BCUT2D eigenvalue weighted by molar-refractivity contribution is 0.0299. The quantitative estimate of drug-likeness (QED) is 0.595. The van der Waals surface area contributed by atoms with Crippen molar-refractivity contribution in [3.63, 3.8) is 0 Å². The van der Waals surface area contributed by atoms with Crippen molar-refractivity contribution in [2.45, 2.75) is 0 Å². The lowest BCUT2D eigenvalue weighted by Gasteiger charge is -2.26. The first-order valence-corrected chi connectivity index (χ1v) is 10.3. The van der Waals surface area contributed by atoms with Crippen molar-refractivity contribution in [1.82, 2.24) is 14.9 Å². The molecule has 158 valence electrons. The van der Waals surface area contributed by atoms with E-state index in [4.69, 9.17) is 27.9 Å². The fourth-order valence-electron chi connectivity index (χ4n) is 3.17. The second-order valence-corrected chi connectivity index (χ2v) is 7.57. The molecule has 1 fully saturated rings. The van der Waals surface area contributed by atoms with E-state index in [1.54, 1.807) is 29.3 Å². The number of halogens is 2. The Hall–Kier alpha value is -3.00. The first-order valence-electron chi connectivity index (χ1n) is 9.59. The van der Waals surface area contributed by atoms with Gasteiger partial charge in [-0.25, -0.2) is 4.98 Å². The second kappa shape index (κ2) is 9.43. The average molecular weight is 457 g/mol. The zero-order chi connectivity index (χ0) is 21.8. The monoisotopic (exact) mass is 456 g/mol. The maximum absolute atomic E-state index is 12.8. The van der Waals surface area contributed by atoms with E-state index in [2.05, 4.69) is 15.3 Å². The van der Waals surface area contributed by atoms with Gasteiger partial charge in [0.1, 0.15) is 10.8 Å². The number of nitrogens with zero attached hydrogens (tertiary/aromatic N) is 3. The van der Waals surface area contributed by atoms with Crippen LogP contribution in [0.4, 0.5) is 5.69 Å². The van der Waals surface area contributed by atoms with Crippen molar-refractivity contribution in [1.29, 1.82) is 0 Å². The number of rotatable bonds is 4. The van der Waals surface area contributed by atoms with Gasteiger partial charge in [-0.05, 0) is 42.5 Å². The summed E-state index contributed by atoms with van der Waals surface area (Å²) in [6, 6.07) is 13.6. The second-order valence-electron chi connectivity index (χ2n) is 6.80. The normalized spacial score (nSPS) is 13.7. The highest BCUT2D eigenvalue weighted by atomic mass is 35.5. The Morgan fingerprint density at radius 2 is 1.84 bits per heavy atom. The molecule has 1 aliphatic rings. The SMILES string of the molecule is O=C(Nc1ccc(Cl)c(-c2ccccn2)c1)c1ccc(C(=O)N2CCOCC2)nc1Cl. The molecule has 0 atom stereocenters. The molecule has 0 unspecified atom stereocenters. The van der Waals surface area contributed by atoms with Crippen LogP contribution in [0.5, 0.6) is 0 Å². The Bertz CT molecular complexity index is 1120. The zero-order valence-corrected chi connectivity index (χ0v) is 17.9. The molecule has 0 radical (unpaired) electrons. The zero-order valence-electron chi connectivity index (χ0n) is 16.3. The third-order valence-corrected chi connectivity index (χ3v) is 5.39. The predicted molar refractivity (Wildman–Crippen MR) is 119 cm³/mol. The molecule has 1 saturated heterocycles. The fourth-order valence-corrected chi connectivity index (χ4v) is 3.63. The summed E-state index contributed by atoms with van der Waals surface area (Å²) in [7, 11) is 0. The van der Waals surface area contributed by atoms with E-state index in [1.807, 2.05) is 18.2 Å². The molecular formula is C22H18Cl2N4O3. The smallest absolute Gasteiger partial charge is 0.272 e. The summed E-state index contributed by atoms with van der Waals surface area (Å²) in [5.41, 5.74) is 2.26. The highest BCUT2D eigenvalue weighted by molar-refractivity contribution is 6.34. The lowest BCUT2D eigenvalue weighted by atomic mass is 10.1. The number of carbonyl (C=O) groups excluding carboxylic acids is 2. The van der Waals surface area contributed by atoms with Gasteiger partial charge in [0.2, 0.25) is 0 Å². The summed E-state index contributed by atoms with van der Waals surface area (Å²) in [6.45, 7) is 1.97. The minimum Gasteiger partial charge on any atom is -0.378 e. The third-order valence-electron chi connectivity index (χ3n) is 4.78. The summed E-state index contributed by atoms with van der Waals surface area (Å²) >= 11 is 12.5. The molecule has 0 spiro atoms. The van der Waals surface area contributed by atoms with Gasteiger partial charge >= 0.3 is 0 Å². The van der Waals surface area contributed by atoms with Crippen LogP contribution in [0.25, 0.3) is 11.3 Å². The number of hydrogen-bond acceptors (Lipinski definition) is 5. The van der Waals surface area contributed by atoms with Crippen molar-refractivity contribution < 1.29 is 14.3 Å². The van der Waals surface area contributed by atoms with Crippen molar-refractivity contribution in [3.05, 3.63) is 76.2 Å². The molecule has 3 heterocycles. The van der Waals surface area contributed by atoms with Crippen LogP contribution < -0.4 is 5.32 Å². The summed E-state index contributed by atoms with van der Waals surface area (Å²) in [5, 5.41) is 3.26. The Balaban J connectivity index is 1.52. The van der Waals surface area contributed by atoms with Gasteiger partial charge in [0.05, 0.1) is 29.5 Å². The number of carbonyl (C=O) groups is 2. The maximum atomic E-state index is 12.8. The standard InChI is InChI=1S/C22H18Cl2N4O3/c23-17-6-4-14(13-16(17)18-3-1-2-8-25-18)26-21(29)15-5-7-19(27-20(15)24)22(30)28-9-11-31-12-10-28/h1-8,13H,9-12H2,(H,26,29). The molecule has 1 aromatic carbocycles. The number of hydrogen-bond donors (Lipinski definition) is 1. The summed E-state index contributed by atoms with van der Waals surface area (Å²) in [5.74, 6) is -0.688. The van der Waals surface area contributed by atoms with Gasteiger partial charge in [0, 0.05) is 30.5 Å². The van der Waals surface area contributed by atoms with E-state index in [0.29, 0.717) is 48.3 Å². The molecule has 7 nitrogen and oxygen atoms in total. The molecule has 3 aromatic rings. The minimum atomic E-state index is -0.447. The highest BCUT2D eigenvalue weighted by Crippen LogP contribution is 2.29. The minimum absolute atomic E-state index is 0.0458. The van der Waals surface area contributed by atoms with Gasteiger partial charge in [-0.15, -0.1) is 0 Å². The van der Waals surface area contributed by atoms with Gasteiger partial charge in [0.15, 0.2) is 0 Å². The van der Waals surface area contributed by atoms with Gasteiger partial charge in [-0.3, -0.25) is 14.6 Å². The van der Waals surface area contributed by atoms with Crippen molar-refractivity contribution in [2.24, 2.45) is 0 Å². The molecule has 0 saturated carbocycles. The fraction of sp³-hybridized carbons (Fsp3) is 0.182. The number of benzene rings is 1.